The largest absolute Gasteiger partial charge is 0.343 e. The van der Waals surface area contributed by atoms with Gasteiger partial charge in [-0.05, 0) is 60.4 Å². The van der Waals surface area contributed by atoms with E-state index in [1.807, 2.05) is 18.0 Å². The SMILES string of the molecule is CCCCc1ccc(N=Cc2ccc3c(c2)N(C)c2ccccc2S3)cc1. The molecule has 0 amide bonds. The molecule has 0 bridgehead atoms. The molecule has 1 heterocycles. The number of rotatable bonds is 5. The van der Waals surface area contributed by atoms with E-state index in [2.05, 4.69) is 90.6 Å². The molecular weight excluding hydrogens is 348 g/mol. The van der Waals surface area contributed by atoms with Gasteiger partial charge < -0.3 is 4.90 Å². The van der Waals surface area contributed by atoms with Crippen molar-refractivity contribution in [1.29, 1.82) is 0 Å². The number of para-hydroxylation sites is 1. The van der Waals surface area contributed by atoms with Gasteiger partial charge in [-0.2, -0.15) is 0 Å². The van der Waals surface area contributed by atoms with Crippen LogP contribution in [0.5, 0.6) is 0 Å². The molecule has 0 radical (unpaired) electrons. The Morgan fingerprint density at radius 2 is 1.70 bits per heavy atom. The monoisotopic (exact) mass is 372 g/mol. The van der Waals surface area contributed by atoms with Gasteiger partial charge in [-0.3, -0.25) is 4.99 Å². The summed E-state index contributed by atoms with van der Waals surface area (Å²) in [6, 6.07) is 23.7. The Labute approximate surface area is 166 Å². The summed E-state index contributed by atoms with van der Waals surface area (Å²) in [7, 11) is 2.13. The summed E-state index contributed by atoms with van der Waals surface area (Å²) in [6.45, 7) is 2.23. The van der Waals surface area contributed by atoms with Crippen LogP contribution in [0.25, 0.3) is 0 Å². The van der Waals surface area contributed by atoms with Crippen molar-refractivity contribution in [2.24, 2.45) is 4.99 Å². The molecule has 0 spiro atoms. The number of aliphatic imine (C=N–C) groups is 1. The molecule has 3 heteroatoms. The zero-order valence-electron chi connectivity index (χ0n) is 15.9. The lowest BCUT2D eigenvalue weighted by atomic mass is 10.1. The van der Waals surface area contributed by atoms with Crippen LogP contribution >= 0.6 is 11.8 Å². The molecule has 3 aromatic rings. The van der Waals surface area contributed by atoms with Crippen molar-refractivity contribution in [1.82, 2.24) is 0 Å². The number of hydrogen-bond acceptors (Lipinski definition) is 3. The van der Waals surface area contributed by atoms with Gasteiger partial charge in [-0.1, -0.05) is 55.4 Å². The Balaban J connectivity index is 1.53. The Morgan fingerprint density at radius 1 is 0.926 bits per heavy atom. The maximum absolute atomic E-state index is 4.67. The highest BCUT2D eigenvalue weighted by Gasteiger charge is 2.20. The van der Waals surface area contributed by atoms with E-state index in [1.54, 1.807) is 0 Å². The molecule has 0 atom stereocenters. The van der Waals surface area contributed by atoms with Crippen LogP contribution in [0.15, 0.2) is 81.5 Å². The van der Waals surface area contributed by atoms with Crippen LogP contribution in [0, 0.1) is 0 Å². The number of aryl methyl sites for hydroxylation is 1. The smallest absolute Gasteiger partial charge is 0.0630 e. The number of hydrogen-bond donors (Lipinski definition) is 0. The first-order valence-corrected chi connectivity index (χ1v) is 10.3. The maximum Gasteiger partial charge on any atom is 0.0630 e. The quantitative estimate of drug-likeness (QED) is 0.448. The van der Waals surface area contributed by atoms with Crippen LogP contribution < -0.4 is 4.90 Å². The number of nitrogens with zero attached hydrogens (tertiary/aromatic N) is 2. The van der Waals surface area contributed by atoms with E-state index in [-0.39, 0.29) is 0 Å². The molecule has 0 fully saturated rings. The van der Waals surface area contributed by atoms with E-state index >= 15 is 0 Å². The van der Waals surface area contributed by atoms with E-state index in [0.717, 1.165) is 17.7 Å². The molecule has 27 heavy (non-hydrogen) atoms. The minimum atomic E-state index is 1.00. The van der Waals surface area contributed by atoms with E-state index in [4.69, 9.17) is 0 Å². The molecular formula is C24H24N2S. The van der Waals surface area contributed by atoms with Crippen molar-refractivity contribution in [3.8, 4) is 0 Å². The zero-order valence-corrected chi connectivity index (χ0v) is 16.7. The minimum Gasteiger partial charge on any atom is -0.343 e. The fourth-order valence-corrected chi connectivity index (χ4v) is 4.44. The molecule has 0 aliphatic carbocycles. The van der Waals surface area contributed by atoms with Gasteiger partial charge in [-0.25, -0.2) is 0 Å². The molecule has 0 aromatic heterocycles. The first kappa shape index (κ1) is 17.9. The standard InChI is InChI=1S/C24H24N2S/c1-3-4-7-18-10-13-20(14-11-18)25-17-19-12-15-24-22(16-19)26(2)21-8-5-6-9-23(21)27-24/h5-6,8-17H,3-4,7H2,1-2H3. The first-order chi connectivity index (χ1) is 13.2. The predicted octanol–water partition coefficient (Wildman–Crippen LogP) is 7.01. The maximum atomic E-state index is 4.67. The van der Waals surface area contributed by atoms with Gasteiger partial charge in [0.2, 0.25) is 0 Å². The van der Waals surface area contributed by atoms with Gasteiger partial charge in [-0.15, -0.1) is 0 Å². The van der Waals surface area contributed by atoms with E-state index in [1.165, 1.54) is 39.6 Å². The highest BCUT2D eigenvalue weighted by Crippen LogP contribution is 2.47. The van der Waals surface area contributed by atoms with Crippen LogP contribution in [0.3, 0.4) is 0 Å². The Morgan fingerprint density at radius 3 is 2.52 bits per heavy atom. The highest BCUT2D eigenvalue weighted by molar-refractivity contribution is 7.99. The summed E-state index contributed by atoms with van der Waals surface area (Å²) in [5, 5.41) is 0. The molecule has 3 aromatic carbocycles. The third-order valence-corrected chi connectivity index (χ3v) is 6.04. The topological polar surface area (TPSA) is 15.6 Å². The van der Waals surface area contributed by atoms with Crippen LogP contribution in [0.4, 0.5) is 17.1 Å². The van der Waals surface area contributed by atoms with E-state index < -0.39 is 0 Å². The number of benzene rings is 3. The highest BCUT2D eigenvalue weighted by atomic mass is 32.2. The summed E-state index contributed by atoms with van der Waals surface area (Å²) >= 11 is 1.83. The summed E-state index contributed by atoms with van der Waals surface area (Å²) in [5.74, 6) is 0. The Hall–Kier alpha value is -2.52. The number of anilines is 2. The molecule has 0 N–H and O–H groups in total. The Kier molecular flexibility index (Phi) is 5.30. The van der Waals surface area contributed by atoms with Crippen LogP contribution in [0.1, 0.15) is 30.9 Å². The molecule has 0 unspecified atom stereocenters. The van der Waals surface area contributed by atoms with Gasteiger partial charge in [0.05, 0.1) is 17.1 Å². The summed E-state index contributed by atoms with van der Waals surface area (Å²) in [6.07, 6.45) is 5.58. The second-order valence-electron chi connectivity index (χ2n) is 6.88. The average molecular weight is 373 g/mol. The number of unbranched alkanes of at least 4 members (excludes halogenated alkanes) is 1. The van der Waals surface area contributed by atoms with Crippen molar-refractivity contribution in [3.63, 3.8) is 0 Å². The minimum absolute atomic E-state index is 1.00. The van der Waals surface area contributed by atoms with E-state index in [9.17, 15) is 0 Å². The van der Waals surface area contributed by atoms with Gasteiger partial charge in [0.1, 0.15) is 0 Å². The second-order valence-corrected chi connectivity index (χ2v) is 7.97. The predicted molar refractivity (Wildman–Crippen MR) is 117 cm³/mol. The van der Waals surface area contributed by atoms with Crippen molar-refractivity contribution < 1.29 is 0 Å². The lowest BCUT2D eigenvalue weighted by molar-refractivity contribution is 0.795. The summed E-state index contributed by atoms with van der Waals surface area (Å²) in [5.41, 5.74) is 6.00. The van der Waals surface area contributed by atoms with Crippen molar-refractivity contribution in [3.05, 3.63) is 77.9 Å². The van der Waals surface area contributed by atoms with Gasteiger partial charge in [0, 0.05) is 23.1 Å². The van der Waals surface area contributed by atoms with Crippen LogP contribution in [-0.4, -0.2) is 13.3 Å². The molecule has 1 aliphatic rings. The molecule has 4 rings (SSSR count). The van der Waals surface area contributed by atoms with E-state index in [0.29, 0.717) is 0 Å². The number of fused-ring (bicyclic) bond motifs is 2. The third kappa shape index (κ3) is 3.93. The van der Waals surface area contributed by atoms with Crippen molar-refractivity contribution in [2.75, 3.05) is 11.9 Å². The van der Waals surface area contributed by atoms with Crippen molar-refractivity contribution in [2.45, 2.75) is 36.0 Å². The van der Waals surface area contributed by atoms with Gasteiger partial charge >= 0.3 is 0 Å². The summed E-state index contributed by atoms with van der Waals surface area (Å²) < 4.78 is 0. The first-order valence-electron chi connectivity index (χ1n) is 9.52. The molecule has 0 saturated carbocycles. The van der Waals surface area contributed by atoms with Crippen LogP contribution in [0.2, 0.25) is 0 Å². The molecule has 2 nitrogen and oxygen atoms in total. The lowest BCUT2D eigenvalue weighted by Gasteiger charge is -2.29. The fraction of sp³-hybridized carbons (Fsp3) is 0.208. The third-order valence-electron chi connectivity index (χ3n) is 4.91. The average Bonchev–Trinajstić information content (AvgIpc) is 2.72. The van der Waals surface area contributed by atoms with Gasteiger partial charge in [0.25, 0.3) is 0 Å². The lowest BCUT2D eigenvalue weighted by Crippen LogP contribution is -2.14. The molecule has 136 valence electrons. The molecule has 1 aliphatic heterocycles. The second kappa shape index (κ2) is 8.01. The summed E-state index contributed by atoms with van der Waals surface area (Å²) in [4.78, 5) is 9.52. The van der Waals surface area contributed by atoms with Crippen molar-refractivity contribution >= 4 is 35.0 Å². The normalized spacial score (nSPS) is 12.9. The van der Waals surface area contributed by atoms with Crippen LogP contribution in [-0.2, 0) is 6.42 Å². The van der Waals surface area contributed by atoms with Gasteiger partial charge in [0.15, 0.2) is 0 Å². The fourth-order valence-electron chi connectivity index (χ4n) is 3.31. The Bertz CT molecular complexity index is 960. The zero-order chi connectivity index (χ0) is 18.6. The molecule has 0 saturated heterocycles.